The summed E-state index contributed by atoms with van der Waals surface area (Å²) < 4.78 is 21.6. The number of benzene rings is 1. The number of carbonyl (C=O) groups excluding carboxylic acids is 2. The van der Waals surface area contributed by atoms with Gasteiger partial charge in [-0.05, 0) is 53.7 Å². The number of anilines is 3. The van der Waals surface area contributed by atoms with Crippen LogP contribution in [0.4, 0.5) is 26.2 Å². The molecule has 3 N–H and O–H groups in total. The molecule has 0 saturated carbocycles. The molecule has 0 aliphatic carbocycles. The molecule has 1 aliphatic rings. The van der Waals surface area contributed by atoms with Crippen LogP contribution in [0.5, 0.6) is 0 Å². The molecule has 3 heterocycles. The van der Waals surface area contributed by atoms with Gasteiger partial charge in [0.2, 0.25) is 0 Å². The Balaban J connectivity index is 1.58. The van der Waals surface area contributed by atoms with Gasteiger partial charge in [-0.25, -0.2) is 14.2 Å². The summed E-state index contributed by atoms with van der Waals surface area (Å²) in [6, 6.07) is 4.74. The largest absolute Gasteiger partial charge is 0.444 e. The maximum absolute atomic E-state index is 14.5. The lowest BCUT2D eigenvalue weighted by Crippen LogP contribution is -2.50. The number of fused-ring (bicyclic) bond motifs is 1. The van der Waals surface area contributed by atoms with E-state index in [4.69, 9.17) is 10.5 Å². The normalized spacial score (nSPS) is 14.5. The van der Waals surface area contributed by atoms with Crippen molar-refractivity contribution in [2.45, 2.75) is 53.2 Å². The number of halogens is 1. The molecule has 208 valence electrons. The van der Waals surface area contributed by atoms with Crippen molar-refractivity contribution in [3.63, 3.8) is 0 Å². The van der Waals surface area contributed by atoms with Crippen LogP contribution in [0, 0.1) is 12.7 Å². The Labute approximate surface area is 227 Å². The smallest absolute Gasteiger partial charge is 0.410 e. The highest BCUT2D eigenvalue weighted by Crippen LogP contribution is 2.30. The lowest BCUT2D eigenvalue weighted by atomic mass is 10.0. The van der Waals surface area contributed by atoms with Crippen LogP contribution in [0.15, 0.2) is 35.6 Å². The van der Waals surface area contributed by atoms with Gasteiger partial charge in [0.25, 0.3) is 5.91 Å². The van der Waals surface area contributed by atoms with Crippen LogP contribution >= 0.6 is 0 Å². The van der Waals surface area contributed by atoms with E-state index in [2.05, 4.69) is 20.2 Å². The number of pyridine rings is 1. The minimum Gasteiger partial charge on any atom is -0.444 e. The molecular formula is C28H36FN7O3. The molecule has 1 fully saturated rings. The first-order valence-corrected chi connectivity index (χ1v) is 13.0. The van der Waals surface area contributed by atoms with E-state index < -0.39 is 17.3 Å². The van der Waals surface area contributed by atoms with Gasteiger partial charge in [0, 0.05) is 68.1 Å². The minimum absolute atomic E-state index is 0.0205. The maximum Gasteiger partial charge on any atom is 0.410 e. The summed E-state index contributed by atoms with van der Waals surface area (Å²) in [6.45, 7) is 13.3. The average molecular weight is 538 g/mol. The third-order valence-corrected chi connectivity index (χ3v) is 6.17. The van der Waals surface area contributed by atoms with Crippen LogP contribution in [0.2, 0.25) is 0 Å². The van der Waals surface area contributed by atoms with Gasteiger partial charge < -0.3 is 30.0 Å². The van der Waals surface area contributed by atoms with Crippen LogP contribution in [0.3, 0.4) is 0 Å². The number of nitrogen functional groups attached to an aromatic ring is 1. The van der Waals surface area contributed by atoms with Crippen molar-refractivity contribution in [1.82, 2.24) is 14.3 Å². The second-order valence-corrected chi connectivity index (χ2v) is 10.9. The Morgan fingerprint density at radius 2 is 1.87 bits per heavy atom. The molecule has 3 aromatic rings. The quantitative estimate of drug-likeness (QED) is 0.366. The lowest BCUT2D eigenvalue weighted by molar-refractivity contribution is 0.0240. The van der Waals surface area contributed by atoms with Gasteiger partial charge in [0.1, 0.15) is 5.60 Å². The number of hydrogen-bond donors (Lipinski definition) is 2. The summed E-state index contributed by atoms with van der Waals surface area (Å²) in [4.78, 5) is 38.2. The fourth-order valence-corrected chi connectivity index (χ4v) is 4.36. The topological polar surface area (TPSA) is 118 Å². The molecule has 2 amide bonds. The van der Waals surface area contributed by atoms with Crippen molar-refractivity contribution in [3.8, 4) is 0 Å². The Morgan fingerprint density at radius 3 is 2.51 bits per heavy atom. The lowest BCUT2D eigenvalue weighted by Gasteiger charge is -2.37. The number of rotatable bonds is 5. The van der Waals surface area contributed by atoms with Crippen LogP contribution in [0.1, 0.15) is 56.2 Å². The molecule has 0 bridgehead atoms. The molecule has 1 aromatic carbocycles. The molecule has 2 aromatic heterocycles. The zero-order valence-electron chi connectivity index (χ0n) is 23.3. The number of ether oxygens (including phenoxy) is 1. The van der Waals surface area contributed by atoms with E-state index in [1.165, 1.54) is 10.5 Å². The van der Waals surface area contributed by atoms with E-state index >= 15 is 0 Å². The monoisotopic (exact) mass is 537 g/mol. The van der Waals surface area contributed by atoms with E-state index in [9.17, 15) is 14.0 Å². The molecule has 11 heteroatoms. The van der Waals surface area contributed by atoms with E-state index in [1.54, 1.807) is 36.5 Å². The first kappa shape index (κ1) is 27.9. The first-order valence-electron chi connectivity index (χ1n) is 13.0. The number of nitrogens with two attached hydrogens (primary N) is 1. The number of aromatic nitrogens is 2. The second kappa shape index (κ2) is 10.9. The van der Waals surface area contributed by atoms with E-state index in [0.29, 0.717) is 37.4 Å². The van der Waals surface area contributed by atoms with Crippen LogP contribution in [-0.4, -0.2) is 70.3 Å². The van der Waals surface area contributed by atoms with Crippen molar-refractivity contribution in [2.24, 2.45) is 4.99 Å². The molecule has 0 unspecified atom stereocenters. The summed E-state index contributed by atoms with van der Waals surface area (Å²) in [6.07, 6.45) is 4.63. The Kier molecular flexibility index (Phi) is 7.80. The molecule has 0 atom stereocenters. The van der Waals surface area contributed by atoms with Crippen molar-refractivity contribution in [1.29, 1.82) is 0 Å². The van der Waals surface area contributed by atoms with Gasteiger partial charge in [0.15, 0.2) is 11.5 Å². The Bertz CT molecular complexity index is 1420. The fraction of sp³-hybridized carbons (Fsp3) is 0.429. The van der Waals surface area contributed by atoms with Gasteiger partial charge >= 0.3 is 6.09 Å². The summed E-state index contributed by atoms with van der Waals surface area (Å²) >= 11 is 0. The number of nitrogens with zero attached hydrogens (tertiary/aromatic N) is 5. The summed E-state index contributed by atoms with van der Waals surface area (Å²) in [5, 5.41) is 2.75. The molecular weight excluding hydrogens is 501 g/mol. The van der Waals surface area contributed by atoms with Gasteiger partial charge in [-0.1, -0.05) is 0 Å². The third-order valence-electron chi connectivity index (χ3n) is 6.17. The molecule has 1 aliphatic heterocycles. The number of carbonyl (C=O) groups is 2. The average Bonchev–Trinajstić information content (AvgIpc) is 3.22. The van der Waals surface area contributed by atoms with Crippen LogP contribution < -0.4 is 16.0 Å². The number of aryl methyl sites for hydroxylation is 1. The number of piperazine rings is 1. The Hall–Kier alpha value is -4.15. The molecule has 0 spiro atoms. The predicted octanol–water partition coefficient (Wildman–Crippen LogP) is 4.50. The number of hydrogen-bond acceptors (Lipinski definition) is 7. The predicted molar refractivity (Wildman–Crippen MR) is 151 cm³/mol. The highest BCUT2D eigenvalue weighted by atomic mass is 19.1. The zero-order valence-corrected chi connectivity index (χ0v) is 23.3. The van der Waals surface area contributed by atoms with Crippen LogP contribution in [0.25, 0.3) is 5.65 Å². The van der Waals surface area contributed by atoms with Gasteiger partial charge in [0.05, 0.1) is 22.6 Å². The molecule has 10 nitrogen and oxygen atoms in total. The standard InChI is InChI=1S/C28H36FN7O3/c1-17(2)31-14-21-23(34-9-11-35(12-10-34)27(38)39-28(4,5)6)8-7-20(24(21)30)26(37)33-19-13-22(29)25-32-18(3)15-36(25)16-19/h7-8,13-17H,9-12,30H2,1-6H3,(H,33,37). The number of nitrogens with one attached hydrogen (secondary N) is 1. The highest BCUT2D eigenvalue weighted by molar-refractivity contribution is 6.11. The van der Waals surface area contributed by atoms with E-state index in [-0.39, 0.29) is 34.7 Å². The summed E-state index contributed by atoms with van der Waals surface area (Å²) in [7, 11) is 0. The van der Waals surface area contributed by atoms with Crippen molar-refractivity contribution in [3.05, 3.63) is 53.2 Å². The minimum atomic E-state index is -0.561. The number of imidazole rings is 1. The van der Waals surface area contributed by atoms with Crippen LogP contribution in [-0.2, 0) is 4.74 Å². The zero-order chi connectivity index (χ0) is 28.5. The number of aliphatic imine (C=N–C) groups is 1. The molecule has 0 radical (unpaired) electrons. The third kappa shape index (κ3) is 6.47. The van der Waals surface area contributed by atoms with Crippen molar-refractivity contribution in [2.75, 3.05) is 42.1 Å². The number of amides is 2. The Morgan fingerprint density at radius 1 is 1.18 bits per heavy atom. The van der Waals surface area contributed by atoms with Crippen molar-refractivity contribution < 1.29 is 18.7 Å². The molecule has 39 heavy (non-hydrogen) atoms. The van der Waals surface area contributed by atoms with Gasteiger partial charge in [-0.2, -0.15) is 0 Å². The van der Waals surface area contributed by atoms with E-state index in [1.807, 2.05) is 40.7 Å². The summed E-state index contributed by atoms with van der Waals surface area (Å²) in [5.41, 5.74) is 9.07. The molecule has 4 rings (SSSR count). The SMILES string of the molecule is Cc1cn2cc(NC(=O)c3ccc(N4CCN(C(=O)OC(C)(C)C)CC4)c(C=NC(C)C)c3N)cc(F)c2n1. The second-order valence-electron chi connectivity index (χ2n) is 10.9. The van der Waals surface area contributed by atoms with E-state index in [0.717, 1.165) is 5.69 Å². The van der Waals surface area contributed by atoms with Gasteiger partial charge in [-0.15, -0.1) is 0 Å². The maximum atomic E-state index is 14.5. The first-order chi connectivity index (χ1) is 18.3. The van der Waals surface area contributed by atoms with Gasteiger partial charge in [-0.3, -0.25) is 9.79 Å². The van der Waals surface area contributed by atoms with Crippen molar-refractivity contribution >= 4 is 40.9 Å². The fourth-order valence-electron chi connectivity index (χ4n) is 4.36. The summed E-state index contributed by atoms with van der Waals surface area (Å²) in [5.74, 6) is -1.01. The highest BCUT2D eigenvalue weighted by Gasteiger charge is 2.27. The molecule has 1 saturated heterocycles.